The molecule has 0 saturated carbocycles. The number of pyridine rings is 1. The van der Waals surface area contributed by atoms with Crippen LogP contribution < -0.4 is 5.56 Å². The molecule has 2 N–H and O–H groups in total. The average Bonchev–Trinajstić information content (AvgIpc) is 2.53. The first kappa shape index (κ1) is 15.1. The number of ether oxygens (including phenoxy) is 1. The number of aromatic nitrogens is 1. The van der Waals surface area contributed by atoms with E-state index >= 15 is 0 Å². The zero-order valence-electron chi connectivity index (χ0n) is 11.9. The highest BCUT2D eigenvalue weighted by molar-refractivity contribution is 6.31. The molecule has 23 heavy (non-hydrogen) atoms. The summed E-state index contributed by atoms with van der Waals surface area (Å²) in [5.74, 6) is -1.30. The Morgan fingerprint density at radius 2 is 1.91 bits per heavy atom. The van der Waals surface area contributed by atoms with E-state index < -0.39 is 22.8 Å². The van der Waals surface area contributed by atoms with E-state index in [1.807, 2.05) is 18.2 Å². The lowest BCUT2D eigenvalue weighted by Crippen LogP contribution is -2.20. The zero-order valence-corrected chi connectivity index (χ0v) is 12.6. The Kier molecular flexibility index (Phi) is 4.04. The van der Waals surface area contributed by atoms with Gasteiger partial charge in [-0.05, 0) is 23.8 Å². The van der Waals surface area contributed by atoms with Crippen LogP contribution in [0.4, 0.5) is 0 Å². The van der Waals surface area contributed by atoms with Crippen LogP contribution in [-0.4, -0.2) is 16.1 Å². The second-order valence-electron chi connectivity index (χ2n) is 4.93. The number of benzene rings is 2. The number of nitrogens with one attached hydrogen (secondary N) is 1. The molecule has 0 fully saturated rings. The molecule has 0 saturated heterocycles. The largest absolute Gasteiger partial charge is 0.506 e. The van der Waals surface area contributed by atoms with Crippen molar-refractivity contribution in [2.45, 2.75) is 6.61 Å². The molecule has 0 aliphatic heterocycles. The van der Waals surface area contributed by atoms with Crippen LogP contribution in [0.5, 0.6) is 5.75 Å². The topological polar surface area (TPSA) is 79.4 Å². The number of esters is 1. The van der Waals surface area contributed by atoms with Gasteiger partial charge >= 0.3 is 5.97 Å². The molecular weight excluding hydrogens is 318 g/mol. The highest BCUT2D eigenvalue weighted by atomic mass is 35.5. The van der Waals surface area contributed by atoms with Gasteiger partial charge in [0.25, 0.3) is 5.56 Å². The molecule has 0 spiro atoms. The summed E-state index contributed by atoms with van der Waals surface area (Å²) in [5.41, 5.74) is -0.0185. The van der Waals surface area contributed by atoms with Gasteiger partial charge < -0.3 is 14.8 Å². The standard InChI is InChI=1S/C17H12ClNO4/c18-11-6-7-12-13(8-11)19-16(21)14(15(12)20)17(22)23-9-10-4-2-1-3-5-10/h1-8H,9H2,(H2,19,20,21). The van der Waals surface area contributed by atoms with Gasteiger partial charge in [-0.1, -0.05) is 41.9 Å². The van der Waals surface area contributed by atoms with Crippen molar-refractivity contribution < 1.29 is 14.6 Å². The fourth-order valence-corrected chi connectivity index (χ4v) is 2.41. The maximum atomic E-state index is 12.1. The molecule has 0 radical (unpaired) electrons. The first-order valence-electron chi connectivity index (χ1n) is 6.82. The van der Waals surface area contributed by atoms with Crippen LogP contribution in [0.15, 0.2) is 53.3 Å². The predicted molar refractivity (Wildman–Crippen MR) is 86.8 cm³/mol. The van der Waals surface area contributed by atoms with Gasteiger partial charge in [0.2, 0.25) is 0 Å². The summed E-state index contributed by atoms with van der Waals surface area (Å²) in [4.78, 5) is 26.7. The third-order valence-electron chi connectivity index (χ3n) is 3.37. The minimum atomic E-state index is -0.885. The van der Waals surface area contributed by atoms with Crippen molar-refractivity contribution in [2.75, 3.05) is 0 Å². The lowest BCUT2D eigenvalue weighted by molar-refractivity contribution is 0.0467. The first-order valence-corrected chi connectivity index (χ1v) is 7.19. The molecule has 0 amide bonds. The lowest BCUT2D eigenvalue weighted by Gasteiger charge is -2.08. The minimum Gasteiger partial charge on any atom is -0.506 e. The number of aromatic amines is 1. The van der Waals surface area contributed by atoms with E-state index in [1.165, 1.54) is 12.1 Å². The molecule has 0 unspecified atom stereocenters. The normalized spacial score (nSPS) is 10.7. The van der Waals surface area contributed by atoms with Crippen molar-refractivity contribution in [1.82, 2.24) is 4.98 Å². The van der Waals surface area contributed by atoms with Crippen LogP contribution in [0.1, 0.15) is 15.9 Å². The Labute approximate surface area is 136 Å². The molecule has 3 rings (SSSR count). The maximum absolute atomic E-state index is 12.1. The summed E-state index contributed by atoms with van der Waals surface area (Å²) < 4.78 is 5.10. The number of hydrogen-bond acceptors (Lipinski definition) is 4. The number of hydrogen-bond donors (Lipinski definition) is 2. The molecule has 1 heterocycles. The van der Waals surface area contributed by atoms with E-state index in [2.05, 4.69) is 4.98 Å². The van der Waals surface area contributed by atoms with E-state index in [-0.39, 0.29) is 6.61 Å². The molecule has 1 aromatic heterocycles. The molecule has 6 heteroatoms. The highest BCUT2D eigenvalue weighted by Crippen LogP contribution is 2.27. The third kappa shape index (κ3) is 3.05. The second kappa shape index (κ2) is 6.14. The van der Waals surface area contributed by atoms with Crippen molar-refractivity contribution in [2.24, 2.45) is 0 Å². The zero-order chi connectivity index (χ0) is 16.4. The Morgan fingerprint density at radius 1 is 1.17 bits per heavy atom. The molecule has 0 atom stereocenters. The SMILES string of the molecule is O=C(OCc1ccccc1)c1c(O)c2ccc(Cl)cc2[nH]c1=O. The summed E-state index contributed by atoms with van der Waals surface area (Å²) >= 11 is 5.85. The van der Waals surface area contributed by atoms with Crippen molar-refractivity contribution in [3.63, 3.8) is 0 Å². The number of carbonyl (C=O) groups excluding carboxylic acids is 1. The molecule has 116 valence electrons. The van der Waals surface area contributed by atoms with Gasteiger partial charge in [0.05, 0.1) is 5.52 Å². The van der Waals surface area contributed by atoms with Crippen LogP contribution in [0.2, 0.25) is 5.02 Å². The summed E-state index contributed by atoms with van der Waals surface area (Å²) in [6.07, 6.45) is 0. The summed E-state index contributed by atoms with van der Waals surface area (Å²) in [7, 11) is 0. The average molecular weight is 330 g/mol. The summed E-state index contributed by atoms with van der Waals surface area (Å²) in [6, 6.07) is 13.6. The van der Waals surface area contributed by atoms with Crippen LogP contribution in [0.25, 0.3) is 10.9 Å². The van der Waals surface area contributed by atoms with Crippen molar-refractivity contribution in [3.05, 3.63) is 75.0 Å². The minimum absolute atomic E-state index is 0.0111. The second-order valence-corrected chi connectivity index (χ2v) is 5.37. The Morgan fingerprint density at radius 3 is 2.65 bits per heavy atom. The van der Waals surface area contributed by atoms with Crippen LogP contribution in [0.3, 0.4) is 0 Å². The van der Waals surface area contributed by atoms with Crippen LogP contribution in [-0.2, 0) is 11.3 Å². The molecule has 0 bridgehead atoms. The first-order chi connectivity index (χ1) is 11.1. The van der Waals surface area contributed by atoms with Gasteiger partial charge in [-0.3, -0.25) is 4.79 Å². The summed E-state index contributed by atoms with van der Waals surface area (Å²) in [6.45, 7) is 0.0111. The smallest absolute Gasteiger partial charge is 0.347 e. The number of aromatic hydroxyl groups is 1. The van der Waals surface area contributed by atoms with E-state index in [9.17, 15) is 14.7 Å². The molecule has 0 aliphatic rings. The molecule has 0 aliphatic carbocycles. The van der Waals surface area contributed by atoms with Crippen LogP contribution >= 0.6 is 11.6 Å². The number of halogens is 1. The van der Waals surface area contributed by atoms with Gasteiger partial charge in [-0.15, -0.1) is 0 Å². The molecule has 5 nitrogen and oxygen atoms in total. The molecule has 2 aromatic carbocycles. The van der Waals surface area contributed by atoms with E-state index in [0.29, 0.717) is 15.9 Å². The molecule has 3 aromatic rings. The quantitative estimate of drug-likeness (QED) is 0.723. The van der Waals surface area contributed by atoms with Crippen molar-refractivity contribution >= 4 is 28.5 Å². The molecular formula is C17H12ClNO4. The fourth-order valence-electron chi connectivity index (χ4n) is 2.24. The van der Waals surface area contributed by atoms with E-state index in [0.717, 1.165) is 5.56 Å². The Hall–Kier alpha value is -2.79. The van der Waals surface area contributed by atoms with E-state index in [1.54, 1.807) is 18.2 Å². The van der Waals surface area contributed by atoms with E-state index in [4.69, 9.17) is 16.3 Å². The number of rotatable bonds is 3. The van der Waals surface area contributed by atoms with Crippen molar-refractivity contribution in [3.8, 4) is 5.75 Å². The lowest BCUT2D eigenvalue weighted by atomic mass is 10.1. The van der Waals surface area contributed by atoms with Gasteiger partial charge in [-0.2, -0.15) is 0 Å². The summed E-state index contributed by atoms with van der Waals surface area (Å²) in [5, 5.41) is 11.0. The van der Waals surface area contributed by atoms with Crippen LogP contribution in [0, 0.1) is 0 Å². The Balaban J connectivity index is 1.94. The predicted octanol–water partition coefficient (Wildman–Crippen LogP) is 3.24. The number of H-pyrrole nitrogens is 1. The number of fused-ring (bicyclic) bond motifs is 1. The maximum Gasteiger partial charge on any atom is 0.347 e. The van der Waals surface area contributed by atoms with Crippen molar-refractivity contribution in [1.29, 1.82) is 0 Å². The van der Waals surface area contributed by atoms with Gasteiger partial charge in [0.1, 0.15) is 12.4 Å². The van der Waals surface area contributed by atoms with Gasteiger partial charge in [0, 0.05) is 10.4 Å². The number of carbonyl (C=O) groups is 1. The van der Waals surface area contributed by atoms with Gasteiger partial charge in [-0.25, -0.2) is 4.79 Å². The third-order valence-corrected chi connectivity index (χ3v) is 3.60. The van der Waals surface area contributed by atoms with Gasteiger partial charge in [0.15, 0.2) is 5.56 Å². The Bertz CT molecular complexity index is 934. The highest BCUT2D eigenvalue weighted by Gasteiger charge is 2.20. The fraction of sp³-hybridized carbons (Fsp3) is 0.0588. The monoisotopic (exact) mass is 329 g/mol.